The molecule has 0 unspecified atom stereocenters. The predicted molar refractivity (Wildman–Crippen MR) is 72.5 cm³/mol. The summed E-state index contributed by atoms with van der Waals surface area (Å²) in [5.41, 5.74) is 6.82. The maximum absolute atomic E-state index is 11.4. The lowest BCUT2D eigenvalue weighted by molar-refractivity contribution is 0.479. The largest absolute Gasteiger partial charge is 0.444 e. The number of nitrogens with one attached hydrogen (secondary N) is 1. The molecule has 19 heavy (non-hydrogen) atoms. The maximum Gasteiger partial charge on any atom is 0.213 e. The molecule has 6 nitrogen and oxygen atoms in total. The Morgan fingerprint density at radius 3 is 2.68 bits per heavy atom. The maximum atomic E-state index is 11.4. The van der Waals surface area contributed by atoms with Crippen LogP contribution in [-0.2, 0) is 16.4 Å². The van der Waals surface area contributed by atoms with Crippen molar-refractivity contribution in [3.05, 3.63) is 36.0 Å². The van der Waals surface area contributed by atoms with Crippen LogP contribution in [0.2, 0.25) is 0 Å². The van der Waals surface area contributed by atoms with Crippen molar-refractivity contribution in [1.29, 1.82) is 0 Å². The van der Waals surface area contributed by atoms with Crippen molar-refractivity contribution >= 4 is 21.2 Å². The van der Waals surface area contributed by atoms with E-state index in [1.54, 1.807) is 12.3 Å². The molecule has 0 saturated carbocycles. The minimum atomic E-state index is -3.24. The number of hydrogen-bond donors (Lipinski definition) is 2. The Balaban J connectivity index is 2.14. The zero-order valence-electron chi connectivity index (χ0n) is 10.7. The fourth-order valence-electron chi connectivity index (χ4n) is 1.59. The molecular formula is C12H15N3O3S. The van der Waals surface area contributed by atoms with Crippen molar-refractivity contribution in [2.75, 3.05) is 17.3 Å². The summed E-state index contributed by atoms with van der Waals surface area (Å²) in [5, 5.41) is 3.05. The third-order valence-corrected chi connectivity index (χ3v) is 3.66. The first-order valence-electron chi connectivity index (χ1n) is 5.61. The fourth-order valence-corrected chi connectivity index (χ4v) is 2.24. The average molecular weight is 281 g/mol. The monoisotopic (exact) mass is 281 g/mol. The Kier molecular flexibility index (Phi) is 3.48. The Hall–Kier alpha value is -2.02. The van der Waals surface area contributed by atoms with E-state index >= 15 is 0 Å². The molecule has 2 rings (SSSR count). The van der Waals surface area contributed by atoms with Gasteiger partial charge in [0, 0.05) is 6.26 Å². The minimum absolute atomic E-state index is 0.197. The van der Waals surface area contributed by atoms with Crippen LogP contribution in [0, 0.1) is 6.92 Å². The molecule has 0 aliphatic carbocycles. The van der Waals surface area contributed by atoms with Gasteiger partial charge < -0.3 is 15.5 Å². The number of benzene rings is 1. The van der Waals surface area contributed by atoms with Crippen LogP contribution < -0.4 is 11.1 Å². The van der Waals surface area contributed by atoms with E-state index in [-0.39, 0.29) is 4.90 Å². The van der Waals surface area contributed by atoms with Gasteiger partial charge in [-0.3, -0.25) is 0 Å². The Morgan fingerprint density at radius 1 is 1.42 bits per heavy atom. The summed E-state index contributed by atoms with van der Waals surface area (Å²) in [5.74, 6) is 1.28. The number of oxazole rings is 1. The van der Waals surface area contributed by atoms with Crippen molar-refractivity contribution < 1.29 is 12.8 Å². The molecular weight excluding hydrogens is 266 g/mol. The molecule has 0 bridgehead atoms. The van der Waals surface area contributed by atoms with Crippen molar-refractivity contribution in [1.82, 2.24) is 4.98 Å². The van der Waals surface area contributed by atoms with Crippen LogP contribution in [0.4, 0.5) is 11.4 Å². The number of nitrogen functional groups attached to an aromatic ring is 1. The number of nitrogens with two attached hydrogens (primary N) is 1. The van der Waals surface area contributed by atoms with Crippen LogP contribution in [0.25, 0.3) is 0 Å². The topological polar surface area (TPSA) is 98.2 Å². The van der Waals surface area contributed by atoms with Gasteiger partial charge in [0.05, 0.1) is 29.0 Å². The van der Waals surface area contributed by atoms with E-state index in [4.69, 9.17) is 10.2 Å². The van der Waals surface area contributed by atoms with E-state index in [1.165, 1.54) is 12.1 Å². The van der Waals surface area contributed by atoms with Gasteiger partial charge in [-0.15, -0.1) is 0 Å². The molecule has 0 amide bonds. The van der Waals surface area contributed by atoms with Gasteiger partial charge in [-0.25, -0.2) is 13.4 Å². The molecule has 0 saturated heterocycles. The van der Waals surface area contributed by atoms with Gasteiger partial charge in [-0.1, -0.05) is 0 Å². The summed E-state index contributed by atoms with van der Waals surface area (Å²) < 4.78 is 28.1. The summed E-state index contributed by atoms with van der Waals surface area (Å²) in [7, 11) is -3.24. The van der Waals surface area contributed by atoms with E-state index in [0.29, 0.717) is 23.8 Å². The van der Waals surface area contributed by atoms with Gasteiger partial charge in [-0.2, -0.15) is 0 Å². The zero-order chi connectivity index (χ0) is 14.0. The van der Waals surface area contributed by atoms with E-state index < -0.39 is 9.84 Å². The van der Waals surface area contributed by atoms with Gasteiger partial charge in [0.25, 0.3) is 0 Å². The Morgan fingerprint density at radius 2 is 2.16 bits per heavy atom. The van der Waals surface area contributed by atoms with Gasteiger partial charge in [0.1, 0.15) is 5.76 Å². The van der Waals surface area contributed by atoms with Gasteiger partial charge >= 0.3 is 0 Å². The molecule has 2 aromatic rings. The number of hydrogen-bond acceptors (Lipinski definition) is 6. The second kappa shape index (κ2) is 4.93. The van der Waals surface area contributed by atoms with Gasteiger partial charge in [0.15, 0.2) is 9.84 Å². The molecule has 1 aromatic heterocycles. The summed E-state index contributed by atoms with van der Waals surface area (Å²) in [6.07, 6.45) is 2.78. The molecule has 1 heterocycles. The highest BCUT2D eigenvalue weighted by atomic mass is 32.2. The molecule has 0 aliphatic heterocycles. The highest BCUT2D eigenvalue weighted by molar-refractivity contribution is 7.90. The van der Waals surface area contributed by atoms with E-state index in [9.17, 15) is 8.42 Å². The fraction of sp³-hybridized carbons (Fsp3) is 0.250. The van der Waals surface area contributed by atoms with Gasteiger partial charge in [0.2, 0.25) is 5.89 Å². The summed E-state index contributed by atoms with van der Waals surface area (Å²) in [4.78, 5) is 4.25. The zero-order valence-corrected chi connectivity index (χ0v) is 11.5. The van der Waals surface area contributed by atoms with Crippen molar-refractivity contribution in [3.63, 3.8) is 0 Å². The molecule has 1 aromatic carbocycles. The van der Waals surface area contributed by atoms with E-state index in [2.05, 4.69) is 10.3 Å². The van der Waals surface area contributed by atoms with Crippen molar-refractivity contribution in [3.8, 4) is 0 Å². The quantitative estimate of drug-likeness (QED) is 0.826. The summed E-state index contributed by atoms with van der Waals surface area (Å²) in [6.45, 7) is 2.20. The lowest BCUT2D eigenvalue weighted by atomic mass is 10.2. The molecule has 0 aliphatic rings. The predicted octanol–water partition coefficient (Wildman–Crippen LogP) is 1.58. The molecule has 0 fully saturated rings. The molecule has 7 heteroatoms. The van der Waals surface area contributed by atoms with Crippen molar-refractivity contribution in [2.45, 2.75) is 18.4 Å². The summed E-state index contributed by atoms with van der Waals surface area (Å²) in [6, 6.07) is 4.56. The first kappa shape index (κ1) is 13.4. The van der Waals surface area contributed by atoms with E-state index in [1.807, 2.05) is 6.92 Å². The number of anilines is 2. The van der Waals surface area contributed by atoms with Crippen LogP contribution in [0.1, 0.15) is 11.7 Å². The molecule has 0 radical (unpaired) electrons. The lowest BCUT2D eigenvalue weighted by Crippen LogP contribution is -2.04. The van der Waals surface area contributed by atoms with Crippen LogP contribution in [0.3, 0.4) is 0 Å². The first-order chi connectivity index (χ1) is 8.86. The molecule has 0 spiro atoms. The SMILES string of the molecule is Cc1cnc(CNc2ccc(S(C)(=O)=O)cc2N)o1. The third-order valence-electron chi connectivity index (χ3n) is 2.55. The number of sulfone groups is 1. The van der Waals surface area contributed by atoms with Crippen LogP contribution in [0.5, 0.6) is 0 Å². The second-order valence-corrected chi connectivity index (χ2v) is 6.26. The number of aryl methyl sites for hydroxylation is 1. The normalized spacial score (nSPS) is 11.5. The number of aromatic nitrogens is 1. The number of rotatable bonds is 4. The van der Waals surface area contributed by atoms with Crippen LogP contribution >= 0.6 is 0 Å². The van der Waals surface area contributed by atoms with E-state index in [0.717, 1.165) is 12.0 Å². The Bertz CT molecular complexity index is 692. The smallest absolute Gasteiger partial charge is 0.213 e. The highest BCUT2D eigenvalue weighted by Gasteiger charge is 2.09. The van der Waals surface area contributed by atoms with Crippen LogP contribution in [-0.4, -0.2) is 19.7 Å². The molecule has 102 valence electrons. The number of nitrogens with zero attached hydrogens (tertiary/aromatic N) is 1. The Labute approximate surface area is 111 Å². The average Bonchev–Trinajstić information content (AvgIpc) is 2.72. The second-order valence-electron chi connectivity index (χ2n) is 4.24. The first-order valence-corrected chi connectivity index (χ1v) is 7.50. The minimum Gasteiger partial charge on any atom is -0.444 e. The van der Waals surface area contributed by atoms with Gasteiger partial charge in [-0.05, 0) is 25.1 Å². The highest BCUT2D eigenvalue weighted by Crippen LogP contribution is 2.23. The third kappa shape index (κ3) is 3.25. The lowest BCUT2D eigenvalue weighted by Gasteiger charge is -2.08. The van der Waals surface area contributed by atoms with Crippen LogP contribution in [0.15, 0.2) is 33.7 Å². The van der Waals surface area contributed by atoms with Crippen molar-refractivity contribution in [2.24, 2.45) is 0 Å². The molecule has 3 N–H and O–H groups in total. The standard InChI is InChI=1S/C12H15N3O3S/c1-8-6-15-12(18-8)7-14-11-4-3-9(5-10(11)13)19(2,16)17/h3-6,14H,7,13H2,1-2H3. The molecule has 0 atom stereocenters. The summed E-state index contributed by atoms with van der Waals surface area (Å²) >= 11 is 0.